The molecule has 0 spiro atoms. The van der Waals surface area contributed by atoms with Gasteiger partial charge in [-0.2, -0.15) is 0 Å². The van der Waals surface area contributed by atoms with Crippen LogP contribution in [0.1, 0.15) is 23.6 Å². The molecule has 1 aromatic rings. The molecule has 22 heavy (non-hydrogen) atoms. The molecule has 2 bridgehead atoms. The maximum Gasteiger partial charge on any atom is 0.274 e. The van der Waals surface area contributed by atoms with Crippen LogP contribution in [0.25, 0.3) is 0 Å². The van der Waals surface area contributed by atoms with Crippen LogP contribution in [-0.2, 0) is 17.9 Å². The maximum absolute atomic E-state index is 13.1. The quantitative estimate of drug-likeness (QED) is 0.798. The summed E-state index contributed by atoms with van der Waals surface area (Å²) in [5, 5.41) is 13.2. The van der Waals surface area contributed by atoms with Gasteiger partial charge in [-0.3, -0.25) is 4.79 Å². The highest BCUT2D eigenvalue weighted by atomic mass is 16.5. The van der Waals surface area contributed by atoms with Gasteiger partial charge in [-0.1, -0.05) is 0 Å². The lowest BCUT2D eigenvalue weighted by molar-refractivity contribution is 0.122. The van der Waals surface area contributed by atoms with E-state index < -0.39 is 0 Å². The summed E-state index contributed by atoms with van der Waals surface area (Å²) < 4.78 is 7.35. The average molecular weight is 305 g/mol. The van der Waals surface area contributed by atoms with Gasteiger partial charge in [0.2, 0.25) is 0 Å². The van der Waals surface area contributed by atoms with Gasteiger partial charge in [0.25, 0.3) is 5.56 Å². The number of nitrogens with zero attached hydrogens (tertiary/aromatic N) is 2. The van der Waals surface area contributed by atoms with Gasteiger partial charge in [-0.15, -0.1) is 0 Å². The number of piperidine rings is 1. The van der Waals surface area contributed by atoms with E-state index in [-0.39, 0.29) is 12.2 Å². The number of pyridine rings is 1. The second-order valence-corrected chi connectivity index (χ2v) is 6.57. The number of aliphatic hydroxyl groups is 1. The predicted molar refractivity (Wildman–Crippen MR) is 83.4 cm³/mol. The van der Waals surface area contributed by atoms with Crippen molar-refractivity contribution < 1.29 is 9.84 Å². The Hall–Kier alpha value is -1.37. The van der Waals surface area contributed by atoms with Crippen molar-refractivity contribution in [3.63, 3.8) is 0 Å². The molecule has 6 heteroatoms. The van der Waals surface area contributed by atoms with E-state index in [0.717, 1.165) is 50.4 Å². The minimum atomic E-state index is -0.0840. The number of aromatic nitrogens is 1. The molecule has 2 unspecified atom stereocenters. The second kappa shape index (κ2) is 5.68. The third kappa shape index (κ3) is 2.26. The van der Waals surface area contributed by atoms with Crippen LogP contribution >= 0.6 is 0 Å². The Morgan fingerprint density at radius 2 is 2.14 bits per heavy atom. The van der Waals surface area contributed by atoms with Gasteiger partial charge >= 0.3 is 0 Å². The van der Waals surface area contributed by atoms with E-state index in [2.05, 4.69) is 16.3 Å². The van der Waals surface area contributed by atoms with Crippen LogP contribution in [0.5, 0.6) is 0 Å². The normalized spacial score (nSPS) is 27.6. The summed E-state index contributed by atoms with van der Waals surface area (Å²) in [6.07, 6.45) is 1.15. The molecule has 6 nitrogen and oxygen atoms in total. The Balaban J connectivity index is 1.82. The molecule has 3 aliphatic rings. The van der Waals surface area contributed by atoms with Crippen LogP contribution in [0.3, 0.4) is 0 Å². The maximum atomic E-state index is 13.1. The monoisotopic (exact) mass is 305 g/mol. The Bertz CT molecular complexity index is 622. The van der Waals surface area contributed by atoms with Crippen molar-refractivity contribution in [3.8, 4) is 0 Å². The lowest BCUT2D eigenvalue weighted by Gasteiger charge is -2.39. The van der Waals surface area contributed by atoms with Gasteiger partial charge in [-0.25, -0.2) is 0 Å². The Kier molecular flexibility index (Phi) is 3.68. The van der Waals surface area contributed by atoms with Crippen LogP contribution in [0, 0.1) is 5.92 Å². The van der Waals surface area contributed by atoms with Crippen molar-refractivity contribution in [2.75, 3.05) is 44.3 Å². The molecule has 120 valence electrons. The molecule has 0 amide bonds. The largest absolute Gasteiger partial charge is 0.392 e. The molecule has 0 aromatic carbocycles. The van der Waals surface area contributed by atoms with E-state index in [1.807, 2.05) is 4.57 Å². The molecule has 0 aliphatic carbocycles. The van der Waals surface area contributed by atoms with E-state index in [4.69, 9.17) is 4.74 Å². The fraction of sp³-hybridized carbons (Fsp3) is 0.688. The van der Waals surface area contributed by atoms with E-state index in [1.165, 1.54) is 0 Å². The smallest absolute Gasteiger partial charge is 0.274 e. The zero-order valence-electron chi connectivity index (χ0n) is 12.8. The van der Waals surface area contributed by atoms with Crippen molar-refractivity contribution in [3.05, 3.63) is 27.7 Å². The van der Waals surface area contributed by atoms with Gasteiger partial charge in [-0.05, 0) is 24.9 Å². The van der Waals surface area contributed by atoms with Crippen LogP contribution in [0.15, 0.2) is 10.9 Å². The SMILES string of the molecule is O=c1c(N2CCOCC2)c(CO)cc2n1CC1CNCC2C1. The second-order valence-electron chi connectivity index (χ2n) is 6.57. The lowest BCUT2D eigenvalue weighted by Crippen LogP contribution is -2.47. The van der Waals surface area contributed by atoms with Gasteiger partial charge in [0.05, 0.1) is 19.8 Å². The van der Waals surface area contributed by atoms with Gasteiger partial charge < -0.3 is 24.6 Å². The molecule has 0 saturated carbocycles. The summed E-state index contributed by atoms with van der Waals surface area (Å²) in [5.41, 5.74) is 2.61. The van der Waals surface area contributed by atoms with Gasteiger partial charge in [0.15, 0.2) is 0 Å². The van der Waals surface area contributed by atoms with Gasteiger partial charge in [0, 0.05) is 43.4 Å². The number of hydrogen-bond donors (Lipinski definition) is 2. The number of anilines is 1. The molecular formula is C16H23N3O3. The molecule has 2 N–H and O–H groups in total. The van der Waals surface area contributed by atoms with E-state index in [0.29, 0.717) is 30.7 Å². The molecule has 2 atom stereocenters. The number of nitrogens with one attached hydrogen (secondary N) is 1. The van der Waals surface area contributed by atoms with E-state index in [9.17, 15) is 9.90 Å². The first-order valence-corrected chi connectivity index (χ1v) is 8.19. The minimum absolute atomic E-state index is 0.0695. The van der Waals surface area contributed by atoms with Crippen molar-refractivity contribution >= 4 is 5.69 Å². The summed E-state index contributed by atoms with van der Waals surface area (Å²) in [5.74, 6) is 0.936. The van der Waals surface area contributed by atoms with Crippen molar-refractivity contribution in [2.24, 2.45) is 5.92 Å². The zero-order valence-corrected chi connectivity index (χ0v) is 12.8. The zero-order chi connectivity index (χ0) is 15.1. The summed E-state index contributed by atoms with van der Waals surface area (Å²) in [6, 6.07) is 2.06. The van der Waals surface area contributed by atoms with Crippen LogP contribution < -0.4 is 15.8 Å². The topological polar surface area (TPSA) is 66.7 Å². The fourth-order valence-corrected chi connectivity index (χ4v) is 4.13. The van der Waals surface area contributed by atoms with E-state index in [1.54, 1.807) is 0 Å². The molecule has 2 fully saturated rings. The minimum Gasteiger partial charge on any atom is -0.392 e. The van der Waals surface area contributed by atoms with Crippen LogP contribution in [0.4, 0.5) is 5.69 Å². The number of fused-ring (bicyclic) bond motifs is 4. The first kappa shape index (κ1) is 14.2. The molecule has 3 aliphatic heterocycles. The van der Waals surface area contributed by atoms with Gasteiger partial charge in [0.1, 0.15) is 5.69 Å². The van der Waals surface area contributed by atoms with Crippen LogP contribution in [-0.4, -0.2) is 49.1 Å². The van der Waals surface area contributed by atoms with Crippen molar-refractivity contribution in [1.82, 2.24) is 9.88 Å². The number of hydrogen-bond acceptors (Lipinski definition) is 5. The van der Waals surface area contributed by atoms with Crippen molar-refractivity contribution in [1.29, 1.82) is 0 Å². The summed E-state index contributed by atoms with van der Waals surface area (Å²) in [4.78, 5) is 15.1. The molecule has 2 saturated heterocycles. The standard InChI is InChI=1S/C16H23N3O3/c20-10-13-6-14-12-5-11(7-17-8-12)9-19(14)16(21)15(13)18-1-3-22-4-2-18/h6,11-12,17,20H,1-5,7-10H2. The van der Waals surface area contributed by atoms with E-state index >= 15 is 0 Å². The number of aliphatic hydroxyl groups excluding tert-OH is 1. The Labute approximate surface area is 129 Å². The first-order chi connectivity index (χ1) is 10.8. The third-order valence-corrected chi connectivity index (χ3v) is 5.18. The Morgan fingerprint density at radius 1 is 1.32 bits per heavy atom. The van der Waals surface area contributed by atoms with Crippen molar-refractivity contribution in [2.45, 2.75) is 25.5 Å². The number of morpholine rings is 1. The van der Waals surface area contributed by atoms with Crippen LogP contribution in [0.2, 0.25) is 0 Å². The Morgan fingerprint density at radius 3 is 2.91 bits per heavy atom. The number of rotatable bonds is 2. The third-order valence-electron chi connectivity index (χ3n) is 5.18. The molecule has 1 aromatic heterocycles. The number of ether oxygens (including phenoxy) is 1. The summed E-state index contributed by atoms with van der Waals surface area (Å²) in [6.45, 7) is 5.35. The summed E-state index contributed by atoms with van der Waals surface area (Å²) >= 11 is 0. The fourth-order valence-electron chi connectivity index (χ4n) is 4.13. The molecule has 0 radical (unpaired) electrons. The lowest BCUT2D eigenvalue weighted by atomic mass is 9.83. The molecule has 4 heterocycles. The highest BCUT2D eigenvalue weighted by Crippen LogP contribution is 2.34. The average Bonchev–Trinajstić information content (AvgIpc) is 2.56. The first-order valence-electron chi connectivity index (χ1n) is 8.19. The molecule has 4 rings (SSSR count). The summed E-state index contributed by atoms with van der Waals surface area (Å²) in [7, 11) is 0. The molecular weight excluding hydrogens is 282 g/mol. The highest BCUT2D eigenvalue weighted by Gasteiger charge is 2.33. The predicted octanol–water partition coefficient (Wildman–Crippen LogP) is -0.116. The highest BCUT2D eigenvalue weighted by molar-refractivity contribution is 5.53.